The van der Waals surface area contributed by atoms with E-state index in [1.54, 1.807) is 0 Å². The van der Waals surface area contributed by atoms with Crippen molar-refractivity contribution in [2.24, 2.45) is 5.16 Å². The van der Waals surface area contributed by atoms with E-state index in [-0.39, 0.29) is 22.4 Å². The summed E-state index contributed by atoms with van der Waals surface area (Å²) >= 11 is 0. The maximum atomic E-state index is 11.6. The number of fused-ring (bicyclic) bond motifs is 1. The van der Waals surface area contributed by atoms with Gasteiger partial charge in [-0.3, -0.25) is 4.52 Å². The van der Waals surface area contributed by atoms with Gasteiger partial charge in [-0.2, -0.15) is 4.31 Å². The average Bonchev–Trinajstić information content (AvgIpc) is 3.09. The Hall–Kier alpha value is -1.97. The lowest BCUT2D eigenvalue weighted by molar-refractivity contribution is -0.0947. The minimum absolute atomic E-state index is 0.0347. The number of nitrogen functional groups attached to an aromatic ring is 1. The minimum Gasteiger partial charge on any atom is -0.411 e. The number of anilines is 1. The lowest BCUT2D eigenvalue weighted by atomic mass is 9.96. The van der Waals surface area contributed by atoms with E-state index in [9.17, 15) is 24.2 Å². The van der Waals surface area contributed by atoms with Gasteiger partial charge in [0.25, 0.3) is 0 Å². The predicted molar refractivity (Wildman–Crippen MR) is 101 cm³/mol. The molecule has 31 heavy (non-hydrogen) atoms. The van der Waals surface area contributed by atoms with Gasteiger partial charge in [0, 0.05) is 11.8 Å². The molecule has 1 aliphatic heterocycles. The number of hydrogen-bond acceptors (Lipinski definition) is 12. The molecule has 18 heteroatoms. The molecule has 0 bridgehead atoms. The van der Waals surface area contributed by atoms with E-state index in [2.05, 4.69) is 24.0 Å². The van der Waals surface area contributed by atoms with Crippen molar-refractivity contribution in [3.8, 4) is 0 Å². The topological polar surface area (TPSA) is 252 Å². The third-order valence-electron chi connectivity index (χ3n) is 4.48. The Kier molecular flexibility index (Phi) is 6.25. The van der Waals surface area contributed by atoms with E-state index in [0.29, 0.717) is 0 Å². The molecule has 0 spiro atoms. The molecule has 5 atom stereocenters. The standard InChI is InChI=1S/C13H19N5O11P2/c1-13(20)9(19)7(4-27-31(25,26)29-30(22,23)24)28-12(13)18-3-6(2-17-21)8-10(14)15-5-16-11(8)18/h2-3,5,7,9,12,19-21H,4H2,1H3,(H,25,26)(H2,14,15,16)(H2,22,23,24)/b17-2-/t7?,9?,12?,13-/m1/s1. The highest BCUT2D eigenvalue weighted by Gasteiger charge is 2.54. The van der Waals surface area contributed by atoms with Crippen LogP contribution in [0.5, 0.6) is 0 Å². The van der Waals surface area contributed by atoms with Crippen LogP contribution in [-0.4, -0.2) is 75.3 Å². The molecule has 16 nitrogen and oxygen atoms in total. The third kappa shape index (κ3) is 4.78. The van der Waals surface area contributed by atoms with Crippen molar-refractivity contribution in [1.29, 1.82) is 0 Å². The summed E-state index contributed by atoms with van der Waals surface area (Å²) in [5.41, 5.74) is 4.26. The summed E-state index contributed by atoms with van der Waals surface area (Å²) in [6, 6.07) is 0. The molecule has 2 aromatic heterocycles. The normalized spacial score (nSPS) is 29.0. The largest absolute Gasteiger partial charge is 0.481 e. The van der Waals surface area contributed by atoms with Gasteiger partial charge in [-0.05, 0) is 6.92 Å². The van der Waals surface area contributed by atoms with Crippen LogP contribution in [0.4, 0.5) is 5.82 Å². The number of phosphoric ester groups is 1. The maximum absolute atomic E-state index is 11.6. The molecular formula is C13H19N5O11P2. The molecule has 0 radical (unpaired) electrons. The number of hydrogen-bond donors (Lipinski definition) is 7. The highest BCUT2D eigenvalue weighted by atomic mass is 31.3. The summed E-state index contributed by atoms with van der Waals surface area (Å²) in [6.45, 7) is 0.339. The lowest BCUT2D eigenvalue weighted by Crippen LogP contribution is -2.44. The number of rotatable bonds is 7. The molecule has 1 saturated heterocycles. The van der Waals surface area contributed by atoms with Gasteiger partial charge in [0.1, 0.15) is 35.6 Å². The first kappa shape index (κ1) is 23.7. The molecule has 1 fully saturated rings. The van der Waals surface area contributed by atoms with Crippen molar-refractivity contribution in [2.45, 2.75) is 31.0 Å². The fourth-order valence-corrected chi connectivity index (χ4v) is 4.78. The highest BCUT2D eigenvalue weighted by Crippen LogP contribution is 2.58. The summed E-state index contributed by atoms with van der Waals surface area (Å²) in [4.78, 5) is 34.6. The highest BCUT2D eigenvalue weighted by molar-refractivity contribution is 7.60. The second kappa shape index (κ2) is 8.18. The predicted octanol–water partition coefficient (Wildman–Crippen LogP) is -0.943. The zero-order chi connectivity index (χ0) is 23.2. The van der Waals surface area contributed by atoms with E-state index in [1.807, 2.05) is 0 Å². The number of ether oxygens (including phenoxy) is 1. The molecule has 0 aliphatic carbocycles. The first-order valence-electron chi connectivity index (χ1n) is 8.35. The molecular weight excluding hydrogens is 464 g/mol. The number of aromatic nitrogens is 3. The van der Waals surface area contributed by atoms with E-state index in [0.717, 1.165) is 12.5 Å². The SMILES string of the molecule is C[C@@]1(O)C(O)C(COP(=O)(O)OP(=O)(O)O)OC1n1cc(/C=N\O)c2c(N)ncnc21. The van der Waals surface area contributed by atoms with Crippen LogP contribution in [0, 0.1) is 0 Å². The van der Waals surface area contributed by atoms with Crippen LogP contribution >= 0.6 is 15.6 Å². The molecule has 3 rings (SSSR count). The minimum atomic E-state index is -5.34. The average molecular weight is 483 g/mol. The van der Waals surface area contributed by atoms with Gasteiger partial charge in [0.2, 0.25) is 0 Å². The second-order valence-electron chi connectivity index (χ2n) is 6.73. The third-order valence-corrected chi connectivity index (χ3v) is 6.64. The fraction of sp³-hybridized carbons (Fsp3) is 0.462. The number of nitrogens with two attached hydrogens (primary N) is 1. The van der Waals surface area contributed by atoms with Crippen LogP contribution in [0.25, 0.3) is 11.0 Å². The Morgan fingerprint density at radius 3 is 2.68 bits per heavy atom. The smallest absolute Gasteiger partial charge is 0.411 e. The van der Waals surface area contributed by atoms with Gasteiger partial charge in [0.15, 0.2) is 6.23 Å². The van der Waals surface area contributed by atoms with E-state index in [4.69, 9.17) is 25.5 Å². The number of phosphoric acid groups is 2. The Labute approximate surface area is 173 Å². The first-order chi connectivity index (χ1) is 14.3. The van der Waals surface area contributed by atoms with Crippen LogP contribution < -0.4 is 5.73 Å². The summed E-state index contributed by atoms with van der Waals surface area (Å²) in [6.07, 6.45) is -0.907. The number of aliphatic hydroxyl groups excluding tert-OH is 1. The molecule has 172 valence electrons. The summed E-state index contributed by atoms with van der Waals surface area (Å²) in [7, 11) is -10.5. The van der Waals surface area contributed by atoms with Crippen molar-refractivity contribution in [2.75, 3.05) is 12.3 Å². The van der Waals surface area contributed by atoms with E-state index >= 15 is 0 Å². The van der Waals surface area contributed by atoms with Crippen LogP contribution in [-0.2, 0) is 22.7 Å². The van der Waals surface area contributed by atoms with Gasteiger partial charge in [-0.15, -0.1) is 0 Å². The summed E-state index contributed by atoms with van der Waals surface area (Å²) in [5.74, 6) is 0.0347. The van der Waals surface area contributed by atoms with Crippen LogP contribution in [0.3, 0.4) is 0 Å². The first-order valence-corrected chi connectivity index (χ1v) is 11.4. The zero-order valence-electron chi connectivity index (χ0n) is 15.7. The van der Waals surface area contributed by atoms with Gasteiger partial charge in [-0.25, -0.2) is 19.1 Å². The fourth-order valence-electron chi connectivity index (χ4n) is 3.18. The zero-order valence-corrected chi connectivity index (χ0v) is 17.4. The van der Waals surface area contributed by atoms with Crippen molar-refractivity contribution < 1.29 is 52.8 Å². The molecule has 0 aromatic carbocycles. The molecule has 2 aromatic rings. The molecule has 1 aliphatic rings. The molecule has 4 unspecified atom stereocenters. The van der Waals surface area contributed by atoms with Crippen molar-refractivity contribution in [1.82, 2.24) is 14.5 Å². The monoisotopic (exact) mass is 483 g/mol. The van der Waals surface area contributed by atoms with Gasteiger partial charge >= 0.3 is 15.6 Å². The number of nitrogens with zero attached hydrogens (tertiary/aromatic N) is 4. The molecule has 0 amide bonds. The van der Waals surface area contributed by atoms with Crippen LogP contribution in [0.1, 0.15) is 18.7 Å². The van der Waals surface area contributed by atoms with Crippen molar-refractivity contribution in [3.05, 3.63) is 18.1 Å². The maximum Gasteiger partial charge on any atom is 0.481 e. The Morgan fingerprint density at radius 2 is 2.06 bits per heavy atom. The summed E-state index contributed by atoms with van der Waals surface area (Å²) < 4.78 is 37.4. The summed E-state index contributed by atoms with van der Waals surface area (Å²) in [5, 5.41) is 33.4. The van der Waals surface area contributed by atoms with Gasteiger partial charge < -0.3 is 45.1 Å². The van der Waals surface area contributed by atoms with E-state index in [1.165, 1.54) is 17.7 Å². The Bertz CT molecular complexity index is 1100. The van der Waals surface area contributed by atoms with Crippen molar-refractivity contribution >= 4 is 38.7 Å². The molecule has 0 saturated carbocycles. The van der Waals surface area contributed by atoms with Crippen LogP contribution in [0.2, 0.25) is 0 Å². The molecule has 3 heterocycles. The van der Waals surface area contributed by atoms with Crippen LogP contribution in [0.15, 0.2) is 17.7 Å². The number of aliphatic hydroxyl groups is 2. The number of oxime groups is 1. The lowest BCUT2D eigenvalue weighted by Gasteiger charge is -2.27. The van der Waals surface area contributed by atoms with Gasteiger partial charge in [0.05, 0.1) is 18.2 Å². The Balaban J connectivity index is 1.91. The second-order valence-corrected chi connectivity index (χ2v) is 9.56. The van der Waals surface area contributed by atoms with Crippen molar-refractivity contribution in [3.63, 3.8) is 0 Å². The quantitative estimate of drug-likeness (QED) is 0.109. The Morgan fingerprint density at radius 1 is 1.39 bits per heavy atom. The molecule has 8 N–H and O–H groups in total. The van der Waals surface area contributed by atoms with E-state index < -0.39 is 46.3 Å². The van der Waals surface area contributed by atoms with Gasteiger partial charge in [-0.1, -0.05) is 5.16 Å².